The van der Waals surface area contributed by atoms with E-state index in [0.717, 1.165) is 4.88 Å². The summed E-state index contributed by atoms with van der Waals surface area (Å²) in [7, 11) is 0. The molecule has 60 valence electrons. The second-order valence-corrected chi connectivity index (χ2v) is 3.82. The smallest absolute Gasteiger partial charge is 0.233 e. The lowest BCUT2D eigenvalue weighted by Crippen LogP contribution is -2.13. The highest BCUT2D eigenvalue weighted by molar-refractivity contribution is 14.1. The van der Waals surface area contributed by atoms with Crippen LogP contribution in [-0.2, 0) is 11.2 Å². The molecule has 0 saturated carbocycles. The number of thiophene rings is 1. The lowest BCUT2D eigenvalue weighted by atomic mass is 10.3. The first-order valence-corrected chi connectivity index (χ1v) is 5.11. The number of carbonyl (C=O) groups excluding carboxylic acids is 1. The second-order valence-electron chi connectivity index (χ2n) is 2.28. The molecule has 11 heavy (non-hydrogen) atoms. The molecule has 0 spiro atoms. The third kappa shape index (κ3) is 2.78. The van der Waals surface area contributed by atoms with Gasteiger partial charge in [0.25, 0.3) is 0 Å². The lowest BCUT2D eigenvalue weighted by Gasteiger charge is -1.92. The van der Waals surface area contributed by atoms with Crippen LogP contribution in [0, 0.1) is 6.92 Å². The number of hydrogen-bond donors (Lipinski definition) is 1. The molecule has 0 bridgehead atoms. The summed E-state index contributed by atoms with van der Waals surface area (Å²) in [5, 5.41) is 2.05. The van der Waals surface area contributed by atoms with Crippen LogP contribution in [0.25, 0.3) is 0 Å². The van der Waals surface area contributed by atoms with Gasteiger partial charge in [-0.1, -0.05) is 0 Å². The quantitative estimate of drug-likeness (QED) is 0.652. The summed E-state index contributed by atoms with van der Waals surface area (Å²) in [6.45, 7) is 2.03. The van der Waals surface area contributed by atoms with Gasteiger partial charge in [-0.15, -0.1) is 11.3 Å². The number of halogens is 1. The average molecular weight is 281 g/mol. The summed E-state index contributed by atoms with van der Waals surface area (Å²) in [6, 6.07) is 2.04. The predicted octanol–water partition coefficient (Wildman–Crippen LogP) is 2.07. The van der Waals surface area contributed by atoms with Crippen molar-refractivity contribution in [2.75, 3.05) is 0 Å². The van der Waals surface area contributed by atoms with Gasteiger partial charge in [-0.2, -0.15) is 0 Å². The molecule has 1 N–H and O–H groups in total. The van der Waals surface area contributed by atoms with Crippen LogP contribution in [0.15, 0.2) is 11.4 Å². The van der Waals surface area contributed by atoms with E-state index < -0.39 is 0 Å². The van der Waals surface area contributed by atoms with Gasteiger partial charge in [0.05, 0.1) is 29.3 Å². The number of nitrogens with one attached hydrogen (secondary N) is 1. The summed E-state index contributed by atoms with van der Waals surface area (Å²) < 4.78 is 2.56. The molecule has 0 fully saturated rings. The Balaban J connectivity index is 2.57. The molecule has 0 aliphatic rings. The van der Waals surface area contributed by atoms with Crippen molar-refractivity contribution in [1.29, 1.82) is 0 Å². The maximum atomic E-state index is 10.9. The maximum Gasteiger partial charge on any atom is 0.233 e. The molecule has 1 aromatic rings. The van der Waals surface area contributed by atoms with Crippen molar-refractivity contribution in [2.45, 2.75) is 13.3 Å². The number of carbonyl (C=O) groups is 1. The lowest BCUT2D eigenvalue weighted by molar-refractivity contribution is -0.118. The fourth-order valence-electron chi connectivity index (χ4n) is 0.775. The third-order valence-corrected chi connectivity index (χ3v) is 2.88. The van der Waals surface area contributed by atoms with E-state index in [2.05, 4.69) is 8.91 Å². The third-order valence-electron chi connectivity index (χ3n) is 1.23. The molecule has 1 heterocycles. The standard InChI is InChI=1S/C7H8INOS/c1-5-2-6(11-4-5)3-7(10)9-8/h2,4H,3H2,1H3,(H,9,10). The maximum absolute atomic E-state index is 10.9. The van der Waals surface area contributed by atoms with E-state index in [9.17, 15) is 4.79 Å². The van der Waals surface area contributed by atoms with Crippen LogP contribution in [0.3, 0.4) is 0 Å². The van der Waals surface area contributed by atoms with Crippen molar-refractivity contribution in [3.05, 3.63) is 21.9 Å². The van der Waals surface area contributed by atoms with Crippen LogP contribution in [0.4, 0.5) is 0 Å². The molecule has 1 amide bonds. The van der Waals surface area contributed by atoms with Gasteiger partial charge in [-0.05, 0) is 23.9 Å². The fourth-order valence-corrected chi connectivity index (χ4v) is 1.84. The summed E-state index contributed by atoms with van der Waals surface area (Å²) >= 11 is 3.48. The molecule has 2 nitrogen and oxygen atoms in total. The minimum atomic E-state index is 0.0625. The van der Waals surface area contributed by atoms with E-state index in [1.807, 2.05) is 35.9 Å². The monoisotopic (exact) mass is 281 g/mol. The van der Waals surface area contributed by atoms with Gasteiger partial charge in [0.2, 0.25) is 5.91 Å². The Kier molecular flexibility index (Phi) is 3.32. The normalized spacial score (nSPS) is 9.64. The van der Waals surface area contributed by atoms with Crippen molar-refractivity contribution in [3.63, 3.8) is 0 Å². The molecule has 0 saturated heterocycles. The molecular weight excluding hydrogens is 273 g/mol. The Morgan fingerprint density at radius 2 is 2.55 bits per heavy atom. The molecule has 4 heteroatoms. The van der Waals surface area contributed by atoms with E-state index in [1.165, 1.54) is 5.56 Å². The number of rotatable bonds is 2. The zero-order valence-corrected chi connectivity index (χ0v) is 9.03. The molecule has 0 radical (unpaired) electrons. The minimum absolute atomic E-state index is 0.0625. The Hall–Kier alpha value is -0.100. The molecular formula is C7H8INOS. The average Bonchev–Trinajstić information content (AvgIpc) is 2.35. The van der Waals surface area contributed by atoms with Crippen molar-refractivity contribution in [3.8, 4) is 0 Å². The molecule has 0 aliphatic carbocycles. The molecule has 1 aromatic heterocycles. The van der Waals surface area contributed by atoms with Crippen LogP contribution in [0.5, 0.6) is 0 Å². The Labute approximate surface area is 83.5 Å². The minimum Gasteiger partial charge on any atom is -0.298 e. The predicted molar refractivity (Wildman–Crippen MR) is 54.9 cm³/mol. The topological polar surface area (TPSA) is 29.1 Å². The van der Waals surface area contributed by atoms with Crippen molar-refractivity contribution in [1.82, 2.24) is 3.53 Å². The van der Waals surface area contributed by atoms with Gasteiger partial charge in [-0.3, -0.25) is 8.32 Å². The summed E-state index contributed by atoms with van der Waals surface area (Å²) in [5.41, 5.74) is 1.23. The fraction of sp³-hybridized carbons (Fsp3) is 0.286. The largest absolute Gasteiger partial charge is 0.298 e. The summed E-state index contributed by atoms with van der Waals surface area (Å²) in [5.74, 6) is 0.0625. The van der Waals surface area contributed by atoms with E-state index >= 15 is 0 Å². The zero-order valence-electron chi connectivity index (χ0n) is 6.06. The Morgan fingerprint density at radius 3 is 3.00 bits per heavy atom. The molecule has 0 atom stereocenters. The van der Waals surface area contributed by atoms with Gasteiger partial charge in [0.1, 0.15) is 0 Å². The van der Waals surface area contributed by atoms with E-state index in [1.54, 1.807) is 11.3 Å². The van der Waals surface area contributed by atoms with Crippen LogP contribution < -0.4 is 3.53 Å². The molecule has 0 unspecified atom stereocenters. The number of hydrogen-bond acceptors (Lipinski definition) is 2. The molecule has 0 aromatic carbocycles. The number of amides is 1. The van der Waals surface area contributed by atoms with Gasteiger partial charge >= 0.3 is 0 Å². The van der Waals surface area contributed by atoms with Crippen LogP contribution >= 0.6 is 34.2 Å². The summed E-state index contributed by atoms with van der Waals surface area (Å²) in [4.78, 5) is 12.0. The van der Waals surface area contributed by atoms with E-state index in [4.69, 9.17) is 0 Å². The van der Waals surface area contributed by atoms with Crippen molar-refractivity contribution < 1.29 is 4.79 Å². The highest BCUT2D eigenvalue weighted by Crippen LogP contribution is 2.13. The Bertz CT molecular complexity index is 259. The number of aryl methyl sites for hydroxylation is 1. The van der Waals surface area contributed by atoms with Gasteiger partial charge in [0.15, 0.2) is 0 Å². The SMILES string of the molecule is Cc1csc(CC(=O)NI)c1. The van der Waals surface area contributed by atoms with Gasteiger partial charge < -0.3 is 0 Å². The molecule has 1 rings (SSSR count). The van der Waals surface area contributed by atoms with Gasteiger partial charge in [0, 0.05) is 4.88 Å². The van der Waals surface area contributed by atoms with Crippen molar-refractivity contribution in [2.24, 2.45) is 0 Å². The highest BCUT2D eigenvalue weighted by Gasteiger charge is 2.02. The molecule has 0 aliphatic heterocycles. The van der Waals surface area contributed by atoms with E-state index in [-0.39, 0.29) is 5.91 Å². The first-order valence-electron chi connectivity index (χ1n) is 3.16. The van der Waals surface area contributed by atoms with Crippen LogP contribution in [-0.4, -0.2) is 5.91 Å². The van der Waals surface area contributed by atoms with E-state index in [0.29, 0.717) is 6.42 Å². The zero-order chi connectivity index (χ0) is 8.27. The van der Waals surface area contributed by atoms with Crippen LogP contribution in [0.2, 0.25) is 0 Å². The summed E-state index contributed by atoms with van der Waals surface area (Å²) in [6.07, 6.45) is 0.501. The second kappa shape index (κ2) is 4.06. The Morgan fingerprint density at radius 1 is 1.82 bits per heavy atom. The highest BCUT2D eigenvalue weighted by atomic mass is 127. The van der Waals surface area contributed by atoms with Gasteiger partial charge in [-0.25, -0.2) is 0 Å². The van der Waals surface area contributed by atoms with Crippen LogP contribution in [0.1, 0.15) is 10.4 Å². The first kappa shape index (κ1) is 8.99. The first-order chi connectivity index (χ1) is 5.22. The van der Waals surface area contributed by atoms with Crippen molar-refractivity contribution >= 4 is 40.1 Å².